The molecular weight excluding hydrogens is 293 g/mol. The van der Waals surface area contributed by atoms with Crippen LogP contribution < -0.4 is 10.1 Å². The Balaban J connectivity index is 1.72. The van der Waals surface area contributed by atoms with Crippen molar-refractivity contribution in [2.24, 2.45) is 5.92 Å². The first-order chi connectivity index (χ1) is 10.1. The summed E-state index contributed by atoms with van der Waals surface area (Å²) in [4.78, 5) is 12.3. The molecule has 0 spiro atoms. The highest BCUT2D eigenvalue weighted by Crippen LogP contribution is 2.28. The predicted molar refractivity (Wildman–Crippen MR) is 79.2 cm³/mol. The Kier molecular flexibility index (Phi) is 3.80. The lowest BCUT2D eigenvalue weighted by Gasteiger charge is -2.24. The fraction of sp³-hybridized carbons (Fsp3) is 0.188. The number of carbonyl (C=O) groups is 1. The molecule has 21 heavy (non-hydrogen) atoms. The smallest absolute Gasteiger partial charge is 0.231 e. The largest absolute Gasteiger partial charge is 0.492 e. The van der Waals surface area contributed by atoms with Crippen LogP contribution in [0, 0.1) is 11.7 Å². The predicted octanol–water partition coefficient (Wildman–Crippen LogP) is 3.67. The molecule has 108 valence electrons. The molecular formula is C16H13ClFNO2. The molecule has 5 heteroatoms. The number of hydrogen-bond donors (Lipinski definition) is 1. The first-order valence-electron chi connectivity index (χ1n) is 6.60. The van der Waals surface area contributed by atoms with Gasteiger partial charge in [0, 0.05) is 0 Å². The molecule has 0 saturated carbocycles. The minimum atomic E-state index is -0.437. The molecule has 1 amide bonds. The number of ether oxygens (including phenoxy) is 1. The van der Waals surface area contributed by atoms with Crippen LogP contribution in [0.1, 0.15) is 5.56 Å². The third kappa shape index (κ3) is 3.00. The van der Waals surface area contributed by atoms with Gasteiger partial charge in [-0.2, -0.15) is 0 Å². The van der Waals surface area contributed by atoms with Crippen molar-refractivity contribution in [3.05, 3.63) is 58.9 Å². The third-order valence-electron chi connectivity index (χ3n) is 3.44. The van der Waals surface area contributed by atoms with Crippen LogP contribution in [-0.4, -0.2) is 12.5 Å². The Morgan fingerprint density at radius 2 is 2.10 bits per heavy atom. The van der Waals surface area contributed by atoms with Crippen LogP contribution >= 0.6 is 11.6 Å². The molecule has 1 aliphatic heterocycles. The van der Waals surface area contributed by atoms with Gasteiger partial charge in [0.2, 0.25) is 5.91 Å². The summed E-state index contributed by atoms with van der Waals surface area (Å²) in [5, 5.41) is 2.90. The average Bonchev–Trinajstić information content (AvgIpc) is 2.49. The zero-order chi connectivity index (χ0) is 14.8. The van der Waals surface area contributed by atoms with E-state index in [4.69, 9.17) is 16.3 Å². The van der Waals surface area contributed by atoms with Gasteiger partial charge in [-0.15, -0.1) is 0 Å². The van der Waals surface area contributed by atoms with E-state index in [0.29, 0.717) is 18.7 Å². The maximum Gasteiger partial charge on any atom is 0.231 e. The lowest BCUT2D eigenvalue weighted by Crippen LogP contribution is -2.32. The molecule has 2 aromatic rings. The van der Waals surface area contributed by atoms with E-state index >= 15 is 0 Å². The van der Waals surface area contributed by atoms with Gasteiger partial charge < -0.3 is 10.1 Å². The summed E-state index contributed by atoms with van der Waals surface area (Å²) in [6.45, 7) is 0.321. The molecule has 0 fully saturated rings. The lowest BCUT2D eigenvalue weighted by atomic mass is 9.96. The number of para-hydroxylation sites is 1. The van der Waals surface area contributed by atoms with Gasteiger partial charge in [0.1, 0.15) is 18.2 Å². The Bertz CT molecular complexity index is 690. The van der Waals surface area contributed by atoms with Crippen LogP contribution in [-0.2, 0) is 11.2 Å². The zero-order valence-electron chi connectivity index (χ0n) is 11.1. The number of rotatable bonds is 2. The summed E-state index contributed by atoms with van der Waals surface area (Å²) in [6.07, 6.45) is 0.612. The second-order valence-electron chi connectivity index (χ2n) is 4.93. The van der Waals surface area contributed by atoms with E-state index in [9.17, 15) is 9.18 Å². The molecule has 1 atom stereocenters. The van der Waals surface area contributed by atoms with Gasteiger partial charge in [-0.25, -0.2) is 4.39 Å². The van der Waals surface area contributed by atoms with Gasteiger partial charge in [-0.3, -0.25) is 4.79 Å². The molecule has 3 nitrogen and oxygen atoms in total. The van der Waals surface area contributed by atoms with Gasteiger partial charge in [0.15, 0.2) is 0 Å². The van der Waals surface area contributed by atoms with Gasteiger partial charge in [0.05, 0.1) is 16.6 Å². The normalized spacial score (nSPS) is 16.8. The molecule has 1 unspecified atom stereocenters. The van der Waals surface area contributed by atoms with E-state index in [1.54, 1.807) is 0 Å². The van der Waals surface area contributed by atoms with Crippen LogP contribution in [0.4, 0.5) is 10.1 Å². The molecule has 0 radical (unpaired) electrons. The Labute approximate surface area is 126 Å². The molecule has 1 aliphatic rings. The molecule has 1 N–H and O–H groups in total. The van der Waals surface area contributed by atoms with Crippen LogP contribution in [0.2, 0.25) is 5.02 Å². The van der Waals surface area contributed by atoms with Crippen molar-refractivity contribution < 1.29 is 13.9 Å². The van der Waals surface area contributed by atoms with E-state index in [2.05, 4.69) is 5.32 Å². The van der Waals surface area contributed by atoms with E-state index in [0.717, 1.165) is 11.3 Å². The number of amides is 1. The standard InChI is InChI=1S/C16H13ClFNO2/c17-13-8-12(18)5-6-14(13)19-16(20)11-7-10-3-1-2-4-15(10)21-9-11/h1-6,8,11H,7,9H2,(H,19,20). The van der Waals surface area contributed by atoms with E-state index in [1.807, 2.05) is 24.3 Å². The van der Waals surface area contributed by atoms with Crippen LogP contribution in [0.3, 0.4) is 0 Å². The molecule has 1 heterocycles. The third-order valence-corrected chi connectivity index (χ3v) is 3.75. The number of hydrogen-bond acceptors (Lipinski definition) is 2. The van der Waals surface area contributed by atoms with Crippen molar-refractivity contribution in [3.63, 3.8) is 0 Å². The second kappa shape index (κ2) is 5.74. The molecule has 3 rings (SSSR count). The molecule has 0 saturated heterocycles. The molecule has 2 aromatic carbocycles. The number of anilines is 1. The van der Waals surface area contributed by atoms with Crippen molar-refractivity contribution in [1.82, 2.24) is 0 Å². The van der Waals surface area contributed by atoms with Gasteiger partial charge in [-0.05, 0) is 36.2 Å². The number of nitrogens with one attached hydrogen (secondary N) is 1. The highest BCUT2D eigenvalue weighted by atomic mass is 35.5. The topological polar surface area (TPSA) is 38.3 Å². The van der Waals surface area contributed by atoms with E-state index < -0.39 is 5.82 Å². The van der Waals surface area contributed by atoms with Crippen molar-refractivity contribution >= 4 is 23.2 Å². The minimum Gasteiger partial charge on any atom is -0.492 e. The Hall–Kier alpha value is -2.07. The summed E-state index contributed by atoms with van der Waals surface area (Å²) in [5.41, 5.74) is 1.41. The maximum absolute atomic E-state index is 13.0. The summed E-state index contributed by atoms with van der Waals surface area (Å²) >= 11 is 5.91. The van der Waals surface area contributed by atoms with Gasteiger partial charge in [0.25, 0.3) is 0 Å². The number of halogens is 2. The summed E-state index contributed by atoms with van der Waals surface area (Å²) in [7, 11) is 0. The van der Waals surface area contributed by atoms with Crippen molar-refractivity contribution in [3.8, 4) is 5.75 Å². The Morgan fingerprint density at radius 3 is 2.90 bits per heavy atom. The van der Waals surface area contributed by atoms with E-state index in [-0.39, 0.29) is 16.8 Å². The summed E-state index contributed by atoms with van der Waals surface area (Å²) in [5.74, 6) is -0.0895. The molecule has 0 aliphatic carbocycles. The Morgan fingerprint density at radius 1 is 1.29 bits per heavy atom. The van der Waals surface area contributed by atoms with Crippen LogP contribution in [0.5, 0.6) is 5.75 Å². The summed E-state index contributed by atoms with van der Waals surface area (Å²) < 4.78 is 18.6. The molecule has 0 bridgehead atoms. The van der Waals surface area contributed by atoms with Crippen molar-refractivity contribution in [2.45, 2.75) is 6.42 Å². The van der Waals surface area contributed by atoms with Gasteiger partial charge >= 0.3 is 0 Å². The zero-order valence-corrected chi connectivity index (χ0v) is 11.9. The minimum absolute atomic E-state index is 0.181. The monoisotopic (exact) mass is 305 g/mol. The van der Waals surface area contributed by atoms with Crippen LogP contribution in [0.25, 0.3) is 0 Å². The molecule has 0 aromatic heterocycles. The second-order valence-corrected chi connectivity index (χ2v) is 5.34. The first-order valence-corrected chi connectivity index (χ1v) is 6.98. The van der Waals surface area contributed by atoms with Crippen molar-refractivity contribution in [1.29, 1.82) is 0 Å². The highest BCUT2D eigenvalue weighted by molar-refractivity contribution is 6.33. The number of benzene rings is 2. The van der Waals surface area contributed by atoms with Crippen molar-refractivity contribution in [2.75, 3.05) is 11.9 Å². The number of carbonyl (C=O) groups excluding carboxylic acids is 1. The SMILES string of the molecule is O=C(Nc1ccc(F)cc1Cl)C1COc2ccccc2C1. The lowest BCUT2D eigenvalue weighted by molar-refractivity contribution is -0.121. The van der Waals surface area contributed by atoms with Crippen LogP contribution in [0.15, 0.2) is 42.5 Å². The maximum atomic E-state index is 13.0. The highest BCUT2D eigenvalue weighted by Gasteiger charge is 2.26. The van der Waals surface area contributed by atoms with E-state index in [1.165, 1.54) is 18.2 Å². The van der Waals surface area contributed by atoms with Gasteiger partial charge in [-0.1, -0.05) is 29.8 Å². The fourth-order valence-corrected chi connectivity index (χ4v) is 2.54. The first kappa shape index (κ1) is 13.9. The number of fused-ring (bicyclic) bond motifs is 1. The average molecular weight is 306 g/mol. The quantitative estimate of drug-likeness (QED) is 0.919. The fourth-order valence-electron chi connectivity index (χ4n) is 2.32. The summed E-state index contributed by atoms with van der Waals surface area (Å²) in [6, 6.07) is 11.5.